The van der Waals surface area contributed by atoms with Gasteiger partial charge in [0, 0.05) is 28.6 Å². The van der Waals surface area contributed by atoms with E-state index in [2.05, 4.69) is 25.9 Å². The van der Waals surface area contributed by atoms with E-state index in [1.54, 1.807) is 12.4 Å². The maximum atomic E-state index is 6.21. The van der Waals surface area contributed by atoms with Crippen molar-refractivity contribution < 1.29 is 0 Å². The maximum absolute atomic E-state index is 6.21. The zero-order chi connectivity index (χ0) is 13.6. The lowest BCUT2D eigenvalue weighted by molar-refractivity contribution is 1.16. The summed E-state index contributed by atoms with van der Waals surface area (Å²) in [6.45, 7) is 4.06. The Morgan fingerprint density at radius 3 is 2.79 bits per heavy atom. The van der Waals surface area contributed by atoms with Gasteiger partial charge in [0.05, 0.1) is 0 Å². The number of anilines is 1. The molecule has 0 saturated carbocycles. The second-order valence-corrected chi connectivity index (χ2v) is 5.42. The summed E-state index contributed by atoms with van der Waals surface area (Å²) in [5.74, 6) is 0.631. The van der Waals surface area contributed by atoms with Gasteiger partial charge in [-0.15, -0.1) is 0 Å². The Kier molecular flexibility index (Phi) is 2.78. The van der Waals surface area contributed by atoms with Crippen LogP contribution in [0.25, 0.3) is 16.9 Å². The predicted octanol–water partition coefficient (Wildman–Crippen LogP) is 3.36. The number of aromatic nitrogens is 3. The fourth-order valence-corrected chi connectivity index (χ4v) is 2.41. The van der Waals surface area contributed by atoms with Crippen LogP contribution in [0.1, 0.15) is 11.1 Å². The van der Waals surface area contributed by atoms with Crippen molar-refractivity contribution in [1.82, 2.24) is 14.4 Å². The minimum Gasteiger partial charge on any atom is -0.383 e. The second-order valence-electron chi connectivity index (χ2n) is 4.57. The van der Waals surface area contributed by atoms with Gasteiger partial charge < -0.3 is 5.73 Å². The molecule has 0 radical (unpaired) electrons. The first-order chi connectivity index (χ1) is 9.08. The van der Waals surface area contributed by atoms with E-state index in [-0.39, 0.29) is 0 Å². The number of pyridine rings is 2. The summed E-state index contributed by atoms with van der Waals surface area (Å²) in [6, 6.07) is 3.97. The zero-order valence-corrected chi connectivity index (χ0v) is 12.3. The Hall–Kier alpha value is -1.88. The third-order valence-corrected chi connectivity index (χ3v) is 4.06. The summed E-state index contributed by atoms with van der Waals surface area (Å²) in [5.41, 5.74) is 11.0. The van der Waals surface area contributed by atoms with Crippen molar-refractivity contribution in [3.05, 3.63) is 46.3 Å². The number of hydrogen-bond donors (Lipinski definition) is 1. The molecule has 3 aromatic rings. The first-order valence-electron chi connectivity index (χ1n) is 5.92. The summed E-state index contributed by atoms with van der Waals surface area (Å²) in [7, 11) is 0. The molecule has 0 saturated heterocycles. The van der Waals surface area contributed by atoms with Gasteiger partial charge in [-0.25, -0.2) is 4.98 Å². The molecule has 3 rings (SSSR count). The third kappa shape index (κ3) is 1.90. The Balaban J connectivity index is 2.32. The number of nitrogens with zero attached hydrogens (tertiary/aromatic N) is 3. The lowest BCUT2D eigenvalue weighted by atomic mass is 10.1. The van der Waals surface area contributed by atoms with E-state index in [1.165, 1.54) is 0 Å². The molecule has 4 nitrogen and oxygen atoms in total. The number of aryl methyl sites for hydroxylation is 2. The number of fused-ring (bicyclic) bond motifs is 1. The fraction of sp³-hybridized carbons (Fsp3) is 0.143. The van der Waals surface area contributed by atoms with Crippen LogP contribution in [0.15, 0.2) is 35.2 Å². The van der Waals surface area contributed by atoms with Crippen LogP contribution >= 0.6 is 15.9 Å². The predicted molar refractivity (Wildman–Crippen MR) is 80.0 cm³/mol. The van der Waals surface area contributed by atoms with Crippen LogP contribution in [-0.2, 0) is 0 Å². The highest BCUT2D eigenvalue weighted by atomic mass is 79.9. The molecule has 0 fully saturated rings. The van der Waals surface area contributed by atoms with E-state index in [0.29, 0.717) is 5.82 Å². The quantitative estimate of drug-likeness (QED) is 0.749. The van der Waals surface area contributed by atoms with Gasteiger partial charge in [0.15, 0.2) is 0 Å². The highest BCUT2D eigenvalue weighted by Gasteiger charge is 2.14. The average Bonchev–Trinajstić information content (AvgIpc) is 2.68. The first-order valence-corrected chi connectivity index (χ1v) is 6.72. The number of rotatable bonds is 1. The Bertz CT molecular complexity index is 776. The highest BCUT2D eigenvalue weighted by Crippen LogP contribution is 2.30. The van der Waals surface area contributed by atoms with E-state index in [4.69, 9.17) is 5.73 Å². The number of halogens is 1. The van der Waals surface area contributed by atoms with Crippen LogP contribution in [0.3, 0.4) is 0 Å². The van der Waals surface area contributed by atoms with Crippen LogP contribution in [0, 0.1) is 13.8 Å². The molecule has 0 aliphatic carbocycles. The minimum atomic E-state index is 0.631. The molecule has 0 aromatic carbocycles. The van der Waals surface area contributed by atoms with Crippen molar-refractivity contribution in [1.29, 1.82) is 0 Å². The zero-order valence-electron chi connectivity index (χ0n) is 10.7. The van der Waals surface area contributed by atoms with E-state index < -0.39 is 0 Å². The van der Waals surface area contributed by atoms with E-state index in [1.807, 2.05) is 36.6 Å². The van der Waals surface area contributed by atoms with Gasteiger partial charge in [0.2, 0.25) is 0 Å². The van der Waals surface area contributed by atoms with Gasteiger partial charge in [0.25, 0.3) is 0 Å². The maximum Gasteiger partial charge on any atom is 0.139 e. The first kappa shape index (κ1) is 12.2. The molecular weight excluding hydrogens is 304 g/mol. The molecule has 2 N–H and O–H groups in total. The monoisotopic (exact) mass is 316 g/mol. The number of nitrogen functional groups attached to an aromatic ring is 1. The van der Waals surface area contributed by atoms with Gasteiger partial charge in [-0.3, -0.25) is 9.38 Å². The van der Waals surface area contributed by atoms with Crippen molar-refractivity contribution in [3.63, 3.8) is 0 Å². The lowest BCUT2D eigenvalue weighted by Crippen LogP contribution is -1.95. The van der Waals surface area contributed by atoms with E-state index >= 15 is 0 Å². The number of nitrogens with two attached hydrogens (primary N) is 1. The van der Waals surface area contributed by atoms with E-state index in [0.717, 1.165) is 32.5 Å². The average molecular weight is 317 g/mol. The van der Waals surface area contributed by atoms with Gasteiger partial charge in [-0.05, 0) is 53.0 Å². The molecule has 5 heteroatoms. The summed E-state index contributed by atoms with van der Waals surface area (Å²) in [6.07, 6.45) is 5.52. The molecular formula is C14H13BrN4. The van der Waals surface area contributed by atoms with Crippen molar-refractivity contribution in [2.75, 3.05) is 5.73 Å². The summed E-state index contributed by atoms with van der Waals surface area (Å²) >= 11 is 3.51. The molecule has 0 spiro atoms. The van der Waals surface area contributed by atoms with Crippen molar-refractivity contribution >= 4 is 27.4 Å². The lowest BCUT2D eigenvalue weighted by Gasteiger charge is -2.03. The van der Waals surface area contributed by atoms with E-state index in [9.17, 15) is 0 Å². The normalized spacial score (nSPS) is 11.1. The molecule has 0 aliphatic heterocycles. The smallest absolute Gasteiger partial charge is 0.139 e. The highest BCUT2D eigenvalue weighted by molar-refractivity contribution is 9.10. The largest absolute Gasteiger partial charge is 0.383 e. The van der Waals surface area contributed by atoms with Gasteiger partial charge >= 0.3 is 0 Å². The van der Waals surface area contributed by atoms with Crippen LogP contribution in [0.5, 0.6) is 0 Å². The van der Waals surface area contributed by atoms with Gasteiger partial charge in [0.1, 0.15) is 17.2 Å². The van der Waals surface area contributed by atoms with Crippen molar-refractivity contribution in [3.8, 4) is 11.3 Å². The second kappa shape index (κ2) is 4.35. The van der Waals surface area contributed by atoms with Crippen LogP contribution < -0.4 is 5.73 Å². The molecule has 3 heterocycles. The van der Waals surface area contributed by atoms with Gasteiger partial charge in [-0.2, -0.15) is 0 Å². The Morgan fingerprint density at radius 1 is 1.26 bits per heavy atom. The number of hydrogen-bond acceptors (Lipinski definition) is 3. The summed E-state index contributed by atoms with van der Waals surface area (Å²) < 4.78 is 2.90. The Morgan fingerprint density at radius 2 is 2.05 bits per heavy atom. The van der Waals surface area contributed by atoms with Crippen molar-refractivity contribution in [2.24, 2.45) is 0 Å². The van der Waals surface area contributed by atoms with Crippen LogP contribution in [-0.4, -0.2) is 14.4 Å². The molecule has 0 amide bonds. The SMILES string of the molecule is Cc1cc2nc(-c3cnccc3C)c(N)n2cc1Br. The van der Waals surface area contributed by atoms with Crippen LogP contribution in [0.2, 0.25) is 0 Å². The molecule has 0 bridgehead atoms. The molecule has 0 unspecified atom stereocenters. The van der Waals surface area contributed by atoms with Crippen LogP contribution in [0.4, 0.5) is 5.82 Å². The third-order valence-electron chi connectivity index (χ3n) is 3.23. The minimum absolute atomic E-state index is 0.631. The molecule has 96 valence electrons. The topological polar surface area (TPSA) is 56.2 Å². The molecule has 0 atom stereocenters. The summed E-state index contributed by atoms with van der Waals surface area (Å²) in [5, 5.41) is 0. The summed E-state index contributed by atoms with van der Waals surface area (Å²) in [4.78, 5) is 8.78. The fourth-order valence-electron chi connectivity index (χ4n) is 2.09. The van der Waals surface area contributed by atoms with Gasteiger partial charge in [-0.1, -0.05) is 0 Å². The molecule has 19 heavy (non-hydrogen) atoms. The molecule has 0 aliphatic rings. The van der Waals surface area contributed by atoms with Crippen molar-refractivity contribution in [2.45, 2.75) is 13.8 Å². The Labute approximate surface area is 119 Å². The molecule has 3 aromatic heterocycles. The number of imidazole rings is 1. The standard InChI is InChI=1S/C14H13BrN4/c1-8-3-4-17-6-10(8)13-14(16)19-7-11(15)9(2)5-12(19)18-13/h3-7H,16H2,1-2H3.